The fraction of sp³-hybridized carbons (Fsp3) is 0. The van der Waals surface area contributed by atoms with Crippen LogP contribution in [0.25, 0.3) is 81.9 Å². The van der Waals surface area contributed by atoms with Crippen LogP contribution in [0.1, 0.15) is 5.56 Å². The first-order valence-electron chi connectivity index (χ1n) is 15.0. The van der Waals surface area contributed by atoms with Gasteiger partial charge in [-0.15, -0.1) is 0 Å². The fourth-order valence-corrected chi connectivity index (χ4v) is 6.34. The second kappa shape index (κ2) is 11.1. The van der Waals surface area contributed by atoms with Crippen LogP contribution < -0.4 is 0 Å². The minimum Gasteiger partial charge on any atom is -0.259 e. The highest BCUT2D eigenvalue weighted by Gasteiger charge is 2.13. The lowest BCUT2D eigenvalue weighted by molar-refractivity contribution is 1.31. The lowest BCUT2D eigenvalue weighted by Gasteiger charge is -2.14. The highest BCUT2D eigenvalue weighted by molar-refractivity contribution is 6.26. The second-order valence-electron chi connectivity index (χ2n) is 11.3. The molecule has 6 aromatic carbocycles. The molecule has 0 fully saturated rings. The summed E-state index contributed by atoms with van der Waals surface area (Å²) in [6, 6.07) is 48.1. The van der Waals surface area contributed by atoms with Gasteiger partial charge in [0, 0.05) is 18.0 Å². The Morgan fingerprint density at radius 3 is 1.52 bits per heavy atom. The molecule has 0 amide bonds. The van der Waals surface area contributed by atoms with E-state index < -0.39 is 0 Å². The van der Waals surface area contributed by atoms with Gasteiger partial charge in [-0.3, -0.25) is 9.97 Å². The molecule has 0 saturated carbocycles. The predicted octanol–water partition coefficient (Wildman–Crippen LogP) is 11.0. The molecule has 4 nitrogen and oxygen atoms in total. The number of hydrogen-bond acceptors (Lipinski definition) is 3. The van der Waals surface area contributed by atoms with Crippen LogP contribution in [0.3, 0.4) is 0 Å². The predicted molar refractivity (Wildman–Crippen MR) is 187 cm³/mol. The van der Waals surface area contributed by atoms with E-state index in [1.807, 2.05) is 36.4 Å². The maximum absolute atomic E-state index is 9.39. The summed E-state index contributed by atoms with van der Waals surface area (Å²) in [6.07, 6.45) is 3.37. The highest BCUT2D eigenvalue weighted by atomic mass is 14.7. The molecule has 0 unspecified atom stereocenters. The third-order valence-electron chi connectivity index (χ3n) is 8.58. The van der Waals surface area contributed by atoms with Crippen LogP contribution in [-0.4, -0.2) is 9.97 Å². The van der Waals surface area contributed by atoms with Gasteiger partial charge in [-0.2, -0.15) is 5.26 Å². The number of rotatable bonds is 4. The Morgan fingerprint density at radius 2 is 0.957 bits per heavy atom. The van der Waals surface area contributed by atoms with Gasteiger partial charge in [0.1, 0.15) is 0 Å². The normalized spacial score (nSPS) is 11.0. The summed E-state index contributed by atoms with van der Waals surface area (Å²) in [5, 5.41) is 16.6. The summed E-state index contributed by atoms with van der Waals surface area (Å²) in [7, 11) is 0. The minimum atomic E-state index is 0.577. The van der Waals surface area contributed by atoms with E-state index in [0.29, 0.717) is 11.3 Å². The van der Waals surface area contributed by atoms with Crippen molar-refractivity contribution in [2.24, 2.45) is 0 Å². The average molecular weight is 585 g/mol. The molecule has 2 heterocycles. The van der Waals surface area contributed by atoms with Crippen LogP contribution in [0.4, 0.5) is 5.69 Å². The smallest absolute Gasteiger partial charge is 0.190 e. The van der Waals surface area contributed by atoms with Crippen molar-refractivity contribution in [2.75, 3.05) is 0 Å². The van der Waals surface area contributed by atoms with E-state index in [-0.39, 0.29) is 0 Å². The Labute approximate surface area is 266 Å². The Hall–Kier alpha value is -6.62. The van der Waals surface area contributed by atoms with Crippen molar-refractivity contribution in [1.82, 2.24) is 9.97 Å². The molecule has 0 aliphatic carbocycles. The molecule has 0 N–H and O–H groups in total. The zero-order valence-corrected chi connectivity index (χ0v) is 24.6. The zero-order valence-electron chi connectivity index (χ0n) is 24.6. The molecule has 4 heteroatoms. The molecule has 0 aliphatic heterocycles. The molecule has 8 rings (SSSR count). The summed E-state index contributed by atoms with van der Waals surface area (Å²) in [5.74, 6) is 0. The van der Waals surface area contributed by atoms with Crippen molar-refractivity contribution in [3.63, 3.8) is 0 Å². The molecular weight excluding hydrogens is 560 g/mol. The zero-order chi connectivity index (χ0) is 31.0. The summed E-state index contributed by atoms with van der Waals surface area (Å²) in [4.78, 5) is 12.6. The molecule has 0 aliphatic rings. The van der Waals surface area contributed by atoms with Crippen molar-refractivity contribution < 1.29 is 0 Å². The first-order chi connectivity index (χ1) is 22.7. The summed E-state index contributed by atoms with van der Waals surface area (Å²) in [6.45, 7) is 7.40. The number of hydrogen-bond donors (Lipinski definition) is 0. The Morgan fingerprint density at radius 1 is 0.457 bits per heavy atom. The van der Waals surface area contributed by atoms with Gasteiger partial charge < -0.3 is 0 Å². The van der Waals surface area contributed by atoms with Crippen molar-refractivity contribution in [3.05, 3.63) is 163 Å². The summed E-state index contributed by atoms with van der Waals surface area (Å²) >= 11 is 0. The summed E-state index contributed by atoms with van der Waals surface area (Å²) < 4.78 is 0. The highest BCUT2D eigenvalue weighted by Crippen LogP contribution is 2.39. The van der Waals surface area contributed by atoms with Gasteiger partial charge in [0.15, 0.2) is 5.69 Å². The first kappa shape index (κ1) is 27.0. The van der Waals surface area contributed by atoms with Crippen LogP contribution in [0.2, 0.25) is 0 Å². The molecule has 0 radical (unpaired) electrons. The van der Waals surface area contributed by atoms with E-state index in [1.165, 1.54) is 32.3 Å². The molecular formula is C42H24N4. The number of fused-ring (bicyclic) bond motifs is 6. The van der Waals surface area contributed by atoms with Crippen LogP contribution in [-0.2, 0) is 0 Å². The maximum Gasteiger partial charge on any atom is 0.190 e. The molecule has 8 aromatic rings. The van der Waals surface area contributed by atoms with Gasteiger partial charge in [0.2, 0.25) is 0 Å². The van der Waals surface area contributed by atoms with Gasteiger partial charge in [-0.05, 0) is 109 Å². The van der Waals surface area contributed by atoms with Crippen LogP contribution in [0.5, 0.6) is 0 Å². The molecule has 212 valence electrons. The lowest BCUT2D eigenvalue weighted by atomic mass is 9.90. The Kier molecular flexibility index (Phi) is 6.53. The number of aromatic nitrogens is 2. The van der Waals surface area contributed by atoms with E-state index in [0.717, 1.165) is 44.8 Å². The maximum atomic E-state index is 9.39. The van der Waals surface area contributed by atoms with Crippen LogP contribution >= 0.6 is 0 Å². The molecule has 2 aromatic heterocycles. The monoisotopic (exact) mass is 584 g/mol. The molecule has 46 heavy (non-hydrogen) atoms. The van der Waals surface area contributed by atoms with E-state index in [1.54, 1.807) is 24.5 Å². The third-order valence-corrected chi connectivity index (χ3v) is 8.58. The number of benzene rings is 6. The van der Waals surface area contributed by atoms with E-state index in [4.69, 9.17) is 6.57 Å². The first-order valence-corrected chi connectivity index (χ1v) is 15.0. The number of nitrogens with zero attached hydrogens (tertiary/aromatic N) is 4. The topological polar surface area (TPSA) is 53.9 Å². The van der Waals surface area contributed by atoms with Crippen LogP contribution in [0, 0.1) is 17.9 Å². The van der Waals surface area contributed by atoms with Gasteiger partial charge in [-0.1, -0.05) is 84.9 Å². The second-order valence-corrected chi connectivity index (χ2v) is 11.3. The fourth-order valence-electron chi connectivity index (χ4n) is 6.34. The minimum absolute atomic E-state index is 0.577. The number of pyridine rings is 2. The SMILES string of the molecule is [C-]#[N+]c1ccnc(-c2cccc(-c3ccc4c5ccccc5c5ccc(-c6cccc(-c7cc(C#N)ccn7)c6)cc5c4c3)c2)c1. The molecule has 0 spiro atoms. The molecule has 0 saturated heterocycles. The summed E-state index contributed by atoms with van der Waals surface area (Å²) in [5.41, 5.74) is 9.08. The lowest BCUT2D eigenvalue weighted by Crippen LogP contribution is -1.88. The van der Waals surface area contributed by atoms with Crippen molar-refractivity contribution in [3.8, 4) is 50.8 Å². The van der Waals surface area contributed by atoms with Gasteiger partial charge in [-0.25, -0.2) is 4.85 Å². The quantitative estimate of drug-likeness (QED) is 0.153. The van der Waals surface area contributed by atoms with E-state index in [2.05, 4.69) is 106 Å². The van der Waals surface area contributed by atoms with E-state index in [9.17, 15) is 5.26 Å². The Balaban J connectivity index is 1.30. The standard InChI is InChI=1S/C42H24N4/c1-44-34-17-19-46-42(25-34)33-9-5-7-29(22-33)31-13-15-38-36-11-3-2-10-35(36)37-14-12-30(23-39(37)40(38)24-31)28-6-4-8-32(21-28)41-20-27(26-43)16-18-45-41/h2-25H. The molecule has 0 bridgehead atoms. The van der Waals surface area contributed by atoms with Crippen molar-refractivity contribution in [2.45, 2.75) is 0 Å². The van der Waals surface area contributed by atoms with Gasteiger partial charge in [0.05, 0.1) is 29.6 Å². The van der Waals surface area contributed by atoms with Crippen LogP contribution in [0.15, 0.2) is 146 Å². The van der Waals surface area contributed by atoms with Crippen molar-refractivity contribution >= 4 is 38.0 Å². The average Bonchev–Trinajstić information content (AvgIpc) is 3.14. The van der Waals surface area contributed by atoms with Gasteiger partial charge >= 0.3 is 0 Å². The van der Waals surface area contributed by atoms with E-state index >= 15 is 0 Å². The largest absolute Gasteiger partial charge is 0.259 e. The van der Waals surface area contributed by atoms with Gasteiger partial charge in [0.25, 0.3) is 0 Å². The number of nitriles is 1. The Bertz CT molecular complexity index is 2390. The molecule has 0 atom stereocenters. The van der Waals surface area contributed by atoms with Crippen molar-refractivity contribution in [1.29, 1.82) is 5.26 Å². The third kappa shape index (κ3) is 4.72.